The van der Waals surface area contributed by atoms with Gasteiger partial charge in [-0.05, 0) is 35.4 Å². The maximum atomic E-state index is 11.5. The summed E-state index contributed by atoms with van der Waals surface area (Å²) in [5, 5.41) is 9.41. The maximum Gasteiger partial charge on any atom is 0.407 e. The summed E-state index contributed by atoms with van der Waals surface area (Å²) in [4.78, 5) is 12.8. The van der Waals surface area contributed by atoms with Crippen molar-refractivity contribution in [2.75, 3.05) is 14.2 Å². The van der Waals surface area contributed by atoms with Gasteiger partial charge < -0.3 is 14.6 Å². The lowest BCUT2D eigenvalue weighted by atomic mass is 10.1. The fourth-order valence-electron chi connectivity index (χ4n) is 2.17. The Morgan fingerprint density at radius 1 is 0.955 bits per heavy atom. The van der Waals surface area contributed by atoms with E-state index < -0.39 is 6.09 Å². The van der Waals surface area contributed by atoms with Crippen LogP contribution in [0.1, 0.15) is 11.1 Å². The zero-order chi connectivity index (χ0) is 15.9. The number of carboxylic acid groups (broad SMARTS) is 1. The van der Waals surface area contributed by atoms with Gasteiger partial charge in [0, 0.05) is 13.1 Å². The molecule has 2 rings (SSSR count). The number of nitrogens with zero attached hydrogens (tertiary/aromatic N) is 1. The lowest BCUT2D eigenvalue weighted by Gasteiger charge is -2.20. The molecule has 0 bridgehead atoms. The van der Waals surface area contributed by atoms with Gasteiger partial charge in [0.25, 0.3) is 0 Å². The van der Waals surface area contributed by atoms with Crippen LogP contribution in [0.4, 0.5) is 4.79 Å². The van der Waals surface area contributed by atoms with Gasteiger partial charge in [0.1, 0.15) is 11.5 Å². The number of rotatable bonds is 6. The fraction of sp³-hybridized carbons (Fsp3) is 0.235. The Balaban J connectivity index is 2.14. The highest BCUT2D eigenvalue weighted by molar-refractivity contribution is 5.65. The van der Waals surface area contributed by atoms with E-state index in [9.17, 15) is 9.90 Å². The van der Waals surface area contributed by atoms with Crippen molar-refractivity contribution < 1.29 is 19.4 Å². The summed E-state index contributed by atoms with van der Waals surface area (Å²) in [7, 11) is 3.18. The quantitative estimate of drug-likeness (QED) is 0.888. The largest absolute Gasteiger partial charge is 0.497 e. The highest BCUT2D eigenvalue weighted by Crippen LogP contribution is 2.18. The smallest absolute Gasteiger partial charge is 0.407 e. The molecule has 0 aliphatic heterocycles. The third kappa shape index (κ3) is 4.15. The molecule has 1 N–H and O–H groups in total. The average Bonchev–Trinajstić information content (AvgIpc) is 2.54. The van der Waals surface area contributed by atoms with Crippen molar-refractivity contribution in [2.45, 2.75) is 13.1 Å². The molecule has 2 aromatic rings. The van der Waals surface area contributed by atoms with E-state index in [4.69, 9.17) is 9.47 Å². The molecule has 116 valence electrons. The van der Waals surface area contributed by atoms with Gasteiger partial charge in [0.2, 0.25) is 0 Å². The molecule has 22 heavy (non-hydrogen) atoms. The molecule has 0 aliphatic carbocycles. The molecule has 0 saturated carbocycles. The molecule has 0 spiro atoms. The minimum absolute atomic E-state index is 0.295. The van der Waals surface area contributed by atoms with E-state index in [0.29, 0.717) is 24.6 Å². The molecule has 0 aromatic heterocycles. The molecule has 0 saturated heterocycles. The predicted molar refractivity (Wildman–Crippen MR) is 83.3 cm³/mol. The van der Waals surface area contributed by atoms with Gasteiger partial charge in [0.05, 0.1) is 14.2 Å². The molecule has 0 unspecified atom stereocenters. The van der Waals surface area contributed by atoms with Crippen molar-refractivity contribution in [2.24, 2.45) is 0 Å². The Morgan fingerprint density at radius 3 is 1.77 bits per heavy atom. The van der Waals surface area contributed by atoms with Gasteiger partial charge in [-0.25, -0.2) is 4.79 Å². The average molecular weight is 301 g/mol. The number of methoxy groups -OCH3 is 2. The normalized spacial score (nSPS) is 10.1. The Kier molecular flexibility index (Phi) is 5.25. The first kappa shape index (κ1) is 15.7. The second-order valence-corrected chi connectivity index (χ2v) is 4.84. The maximum absolute atomic E-state index is 11.5. The van der Waals surface area contributed by atoms with Crippen molar-refractivity contribution in [3.8, 4) is 11.5 Å². The summed E-state index contributed by atoms with van der Waals surface area (Å²) in [6, 6.07) is 14.8. The molecule has 1 amide bonds. The van der Waals surface area contributed by atoms with Crippen molar-refractivity contribution in [3.05, 3.63) is 59.7 Å². The molecule has 5 nitrogen and oxygen atoms in total. The standard InChI is InChI=1S/C17H19NO4/c1-21-15-7-3-5-13(9-15)11-18(17(19)20)12-14-6-4-8-16(10-14)22-2/h3-10H,11-12H2,1-2H3,(H,19,20). The third-order valence-electron chi connectivity index (χ3n) is 3.29. The van der Waals surface area contributed by atoms with Crippen LogP contribution in [0.5, 0.6) is 11.5 Å². The lowest BCUT2D eigenvalue weighted by Crippen LogP contribution is -2.28. The van der Waals surface area contributed by atoms with E-state index in [2.05, 4.69) is 0 Å². The molecule has 2 aromatic carbocycles. The summed E-state index contributed by atoms with van der Waals surface area (Å²) >= 11 is 0. The zero-order valence-corrected chi connectivity index (χ0v) is 12.7. The molecular formula is C17H19NO4. The number of amides is 1. The Hall–Kier alpha value is -2.69. The van der Waals surface area contributed by atoms with Crippen molar-refractivity contribution in [1.29, 1.82) is 0 Å². The minimum Gasteiger partial charge on any atom is -0.497 e. The van der Waals surface area contributed by atoms with Crippen molar-refractivity contribution in [1.82, 2.24) is 4.90 Å². The lowest BCUT2D eigenvalue weighted by molar-refractivity contribution is 0.139. The molecule has 5 heteroatoms. The first-order valence-corrected chi connectivity index (χ1v) is 6.86. The van der Waals surface area contributed by atoms with Crippen LogP contribution >= 0.6 is 0 Å². The summed E-state index contributed by atoms with van der Waals surface area (Å²) < 4.78 is 10.3. The van der Waals surface area contributed by atoms with Crippen LogP contribution in [-0.4, -0.2) is 30.3 Å². The monoisotopic (exact) mass is 301 g/mol. The van der Waals surface area contributed by atoms with E-state index in [1.807, 2.05) is 48.5 Å². The summed E-state index contributed by atoms with van der Waals surface area (Å²) in [5.41, 5.74) is 1.76. The van der Waals surface area contributed by atoms with Crippen LogP contribution in [0.25, 0.3) is 0 Å². The highest BCUT2D eigenvalue weighted by atomic mass is 16.5. The number of benzene rings is 2. The van der Waals surface area contributed by atoms with E-state index in [1.54, 1.807) is 14.2 Å². The van der Waals surface area contributed by atoms with Gasteiger partial charge in [-0.2, -0.15) is 0 Å². The predicted octanol–water partition coefficient (Wildman–Crippen LogP) is 3.38. The van der Waals surface area contributed by atoms with Gasteiger partial charge in [-0.15, -0.1) is 0 Å². The first-order chi connectivity index (χ1) is 10.6. The van der Waals surface area contributed by atoms with Crippen LogP contribution in [-0.2, 0) is 13.1 Å². The molecular weight excluding hydrogens is 282 g/mol. The molecule has 0 fully saturated rings. The first-order valence-electron chi connectivity index (χ1n) is 6.86. The highest BCUT2D eigenvalue weighted by Gasteiger charge is 2.13. The number of hydrogen-bond acceptors (Lipinski definition) is 3. The fourth-order valence-corrected chi connectivity index (χ4v) is 2.17. The molecule has 0 radical (unpaired) electrons. The Bertz CT molecular complexity index is 593. The van der Waals surface area contributed by atoms with Gasteiger partial charge in [-0.3, -0.25) is 4.90 Å². The number of hydrogen-bond donors (Lipinski definition) is 1. The molecule has 0 atom stereocenters. The number of carbonyl (C=O) groups is 1. The number of ether oxygens (including phenoxy) is 2. The summed E-state index contributed by atoms with van der Waals surface area (Å²) in [5.74, 6) is 1.42. The van der Waals surface area contributed by atoms with Crippen LogP contribution in [0.3, 0.4) is 0 Å². The Morgan fingerprint density at radius 2 is 1.41 bits per heavy atom. The Labute approximate surface area is 129 Å². The molecule has 0 heterocycles. The van der Waals surface area contributed by atoms with Crippen molar-refractivity contribution in [3.63, 3.8) is 0 Å². The second kappa shape index (κ2) is 7.36. The van der Waals surface area contributed by atoms with E-state index in [-0.39, 0.29) is 0 Å². The zero-order valence-electron chi connectivity index (χ0n) is 12.7. The van der Waals surface area contributed by atoms with E-state index in [0.717, 1.165) is 11.1 Å². The second-order valence-electron chi connectivity index (χ2n) is 4.84. The third-order valence-corrected chi connectivity index (χ3v) is 3.29. The minimum atomic E-state index is -0.967. The van der Waals surface area contributed by atoms with Gasteiger partial charge >= 0.3 is 6.09 Å². The van der Waals surface area contributed by atoms with Crippen molar-refractivity contribution >= 4 is 6.09 Å². The van der Waals surface area contributed by atoms with Crippen LogP contribution in [0, 0.1) is 0 Å². The van der Waals surface area contributed by atoms with Crippen LogP contribution in [0.15, 0.2) is 48.5 Å². The van der Waals surface area contributed by atoms with Crippen LogP contribution in [0.2, 0.25) is 0 Å². The van der Waals surface area contributed by atoms with Gasteiger partial charge in [-0.1, -0.05) is 24.3 Å². The topological polar surface area (TPSA) is 59.0 Å². The van der Waals surface area contributed by atoms with E-state index >= 15 is 0 Å². The van der Waals surface area contributed by atoms with E-state index in [1.165, 1.54) is 4.90 Å². The summed E-state index contributed by atoms with van der Waals surface area (Å²) in [6.07, 6.45) is -0.967. The van der Waals surface area contributed by atoms with Crippen LogP contribution < -0.4 is 9.47 Å². The SMILES string of the molecule is COc1cccc(CN(Cc2cccc(OC)c2)C(=O)O)c1. The molecule has 0 aliphatic rings. The van der Waals surface area contributed by atoms with Gasteiger partial charge in [0.15, 0.2) is 0 Å². The summed E-state index contributed by atoms with van der Waals surface area (Å²) in [6.45, 7) is 0.591.